The Balaban J connectivity index is 2.31. The SMILES string of the molecule is CCOc1ccc(COC[C@@H](O)CN)cc1. The van der Waals surface area contributed by atoms with Crippen LogP contribution in [0.1, 0.15) is 12.5 Å². The molecule has 0 aliphatic rings. The summed E-state index contributed by atoms with van der Waals surface area (Å²) in [4.78, 5) is 0. The Morgan fingerprint density at radius 2 is 2.00 bits per heavy atom. The Hall–Kier alpha value is -1.10. The van der Waals surface area contributed by atoms with Gasteiger partial charge in [-0.3, -0.25) is 0 Å². The summed E-state index contributed by atoms with van der Waals surface area (Å²) in [6.07, 6.45) is -0.581. The second-order valence-corrected chi connectivity index (χ2v) is 3.48. The molecular weight excluding hydrogens is 206 g/mol. The molecule has 1 aromatic rings. The van der Waals surface area contributed by atoms with Crippen LogP contribution in [0.3, 0.4) is 0 Å². The minimum absolute atomic E-state index is 0.225. The van der Waals surface area contributed by atoms with Crippen molar-refractivity contribution in [3.05, 3.63) is 29.8 Å². The number of benzene rings is 1. The maximum Gasteiger partial charge on any atom is 0.119 e. The molecule has 0 heterocycles. The molecule has 0 amide bonds. The van der Waals surface area contributed by atoms with Gasteiger partial charge in [-0.2, -0.15) is 0 Å². The molecule has 1 aromatic carbocycles. The minimum Gasteiger partial charge on any atom is -0.494 e. The zero-order valence-corrected chi connectivity index (χ0v) is 9.56. The molecule has 0 saturated heterocycles. The van der Waals surface area contributed by atoms with E-state index < -0.39 is 6.10 Å². The zero-order chi connectivity index (χ0) is 11.8. The first-order valence-corrected chi connectivity index (χ1v) is 5.44. The number of hydrogen-bond acceptors (Lipinski definition) is 4. The van der Waals surface area contributed by atoms with Crippen LogP contribution in [0.15, 0.2) is 24.3 Å². The summed E-state index contributed by atoms with van der Waals surface area (Å²) in [6.45, 7) is 3.58. The lowest BCUT2D eigenvalue weighted by atomic mass is 10.2. The van der Waals surface area contributed by atoms with E-state index in [4.69, 9.17) is 15.2 Å². The van der Waals surface area contributed by atoms with Gasteiger partial charge < -0.3 is 20.3 Å². The van der Waals surface area contributed by atoms with Crippen LogP contribution in [0, 0.1) is 0 Å². The zero-order valence-electron chi connectivity index (χ0n) is 9.56. The normalized spacial score (nSPS) is 12.4. The number of hydrogen-bond donors (Lipinski definition) is 2. The number of rotatable bonds is 7. The Bertz CT molecular complexity index is 287. The highest BCUT2D eigenvalue weighted by Crippen LogP contribution is 2.12. The first kappa shape index (κ1) is 13.0. The van der Waals surface area contributed by atoms with Crippen LogP contribution in [0.2, 0.25) is 0 Å². The minimum atomic E-state index is -0.581. The molecule has 0 aromatic heterocycles. The molecule has 0 aliphatic carbocycles. The van der Waals surface area contributed by atoms with E-state index in [9.17, 15) is 5.11 Å². The Kier molecular flexibility index (Phi) is 5.85. The molecule has 4 heteroatoms. The van der Waals surface area contributed by atoms with E-state index in [1.807, 2.05) is 31.2 Å². The van der Waals surface area contributed by atoms with Crippen molar-refractivity contribution in [1.82, 2.24) is 0 Å². The fourth-order valence-corrected chi connectivity index (χ4v) is 1.23. The van der Waals surface area contributed by atoms with Gasteiger partial charge in [0.05, 0.1) is 25.9 Å². The molecule has 0 fully saturated rings. The van der Waals surface area contributed by atoms with Crippen LogP contribution in [0.25, 0.3) is 0 Å². The van der Waals surface area contributed by atoms with Crippen molar-refractivity contribution in [2.45, 2.75) is 19.6 Å². The van der Waals surface area contributed by atoms with E-state index in [-0.39, 0.29) is 13.2 Å². The van der Waals surface area contributed by atoms with Crippen LogP contribution >= 0.6 is 0 Å². The van der Waals surface area contributed by atoms with Crippen LogP contribution in [-0.4, -0.2) is 31.0 Å². The number of aliphatic hydroxyl groups excluding tert-OH is 1. The van der Waals surface area contributed by atoms with Crippen LogP contribution in [-0.2, 0) is 11.3 Å². The second kappa shape index (κ2) is 7.22. The summed E-state index contributed by atoms with van der Waals surface area (Å²) in [5, 5.41) is 9.18. The third-order valence-electron chi connectivity index (χ3n) is 2.09. The van der Waals surface area contributed by atoms with Gasteiger partial charge in [0.1, 0.15) is 5.75 Å². The fourth-order valence-electron chi connectivity index (χ4n) is 1.23. The summed E-state index contributed by atoms with van der Waals surface area (Å²) >= 11 is 0. The molecule has 1 rings (SSSR count). The lowest BCUT2D eigenvalue weighted by Crippen LogP contribution is -2.24. The molecule has 0 bridgehead atoms. The maximum absolute atomic E-state index is 9.18. The summed E-state index contributed by atoms with van der Waals surface area (Å²) in [7, 11) is 0. The lowest BCUT2D eigenvalue weighted by Gasteiger charge is -2.09. The van der Waals surface area contributed by atoms with E-state index in [2.05, 4.69) is 0 Å². The smallest absolute Gasteiger partial charge is 0.119 e. The van der Waals surface area contributed by atoms with Crippen molar-refractivity contribution in [2.75, 3.05) is 19.8 Å². The fraction of sp³-hybridized carbons (Fsp3) is 0.500. The van der Waals surface area contributed by atoms with Crippen molar-refractivity contribution >= 4 is 0 Å². The Labute approximate surface area is 96.0 Å². The number of ether oxygens (including phenoxy) is 2. The third kappa shape index (κ3) is 4.61. The standard InChI is InChI=1S/C12H19NO3/c1-2-16-12-5-3-10(4-6-12)8-15-9-11(14)7-13/h3-6,11,14H,2,7-9,13H2,1H3/t11-/m0/s1. The maximum atomic E-state index is 9.18. The second-order valence-electron chi connectivity index (χ2n) is 3.48. The summed E-state index contributed by atoms with van der Waals surface area (Å²) in [5.74, 6) is 0.855. The molecule has 0 aliphatic heterocycles. The number of nitrogens with two attached hydrogens (primary N) is 1. The van der Waals surface area contributed by atoms with Crippen LogP contribution in [0.5, 0.6) is 5.75 Å². The van der Waals surface area contributed by atoms with Gasteiger partial charge in [0.2, 0.25) is 0 Å². The van der Waals surface area contributed by atoms with Gasteiger partial charge in [0.25, 0.3) is 0 Å². The topological polar surface area (TPSA) is 64.7 Å². The van der Waals surface area contributed by atoms with Crippen molar-refractivity contribution in [3.63, 3.8) is 0 Å². The average molecular weight is 225 g/mol. The quantitative estimate of drug-likeness (QED) is 0.724. The molecule has 16 heavy (non-hydrogen) atoms. The van der Waals surface area contributed by atoms with E-state index in [1.54, 1.807) is 0 Å². The molecule has 4 nitrogen and oxygen atoms in total. The van der Waals surface area contributed by atoms with Gasteiger partial charge in [-0.05, 0) is 24.6 Å². The number of aliphatic hydroxyl groups is 1. The summed E-state index contributed by atoms with van der Waals surface area (Å²) < 4.78 is 10.6. The first-order valence-electron chi connectivity index (χ1n) is 5.44. The molecule has 0 radical (unpaired) electrons. The van der Waals surface area contributed by atoms with E-state index in [0.29, 0.717) is 13.2 Å². The molecular formula is C12H19NO3. The van der Waals surface area contributed by atoms with E-state index >= 15 is 0 Å². The predicted octanol–water partition coefficient (Wildman–Crippen LogP) is 0.921. The summed E-state index contributed by atoms with van der Waals surface area (Å²) in [6, 6.07) is 7.70. The van der Waals surface area contributed by atoms with Gasteiger partial charge in [-0.25, -0.2) is 0 Å². The van der Waals surface area contributed by atoms with Gasteiger partial charge in [-0.1, -0.05) is 12.1 Å². The first-order chi connectivity index (χ1) is 7.76. The van der Waals surface area contributed by atoms with Gasteiger partial charge in [0, 0.05) is 6.54 Å². The van der Waals surface area contributed by atoms with Crippen molar-refractivity contribution < 1.29 is 14.6 Å². The highest BCUT2D eigenvalue weighted by atomic mass is 16.5. The molecule has 0 spiro atoms. The van der Waals surface area contributed by atoms with Gasteiger partial charge >= 0.3 is 0 Å². The van der Waals surface area contributed by atoms with Gasteiger partial charge in [-0.15, -0.1) is 0 Å². The van der Waals surface area contributed by atoms with Crippen LogP contribution in [0.4, 0.5) is 0 Å². The van der Waals surface area contributed by atoms with Gasteiger partial charge in [0.15, 0.2) is 0 Å². The van der Waals surface area contributed by atoms with E-state index in [0.717, 1.165) is 11.3 Å². The largest absolute Gasteiger partial charge is 0.494 e. The highest BCUT2D eigenvalue weighted by molar-refractivity contribution is 5.26. The monoisotopic (exact) mass is 225 g/mol. The van der Waals surface area contributed by atoms with Crippen molar-refractivity contribution in [3.8, 4) is 5.75 Å². The lowest BCUT2D eigenvalue weighted by molar-refractivity contribution is 0.0329. The predicted molar refractivity (Wildman–Crippen MR) is 62.3 cm³/mol. The Morgan fingerprint density at radius 3 is 2.56 bits per heavy atom. The molecule has 3 N–H and O–H groups in total. The molecule has 0 saturated carbocycles. The summed E-state index contributed by atoms with van der Waals surface area (Å²) in [5.41, 5.74) is 6.31. The highest BCUT2D eigenvalue weighted by Gasteiger charge is 2.01. The Morgan fingerprint density at radius 1 is 1.31 bits per heavy atom. The third-order valence-corrected chi connectivity index (χ3v) is 2.09. The molecule has 1 atom stereocenters. The van der Waals surface area contributed by atoms with E-state index in [1.165, 1.54) is 0 Å². The van der Waals surface area contributed by atoms with Crippen LogP contribution < -0.4 is 10.5 Å². The van der Waals surface area contributed by atoms with Crippen molar-refractivity contribution in [2.24, 2.45) is 5.73 Å². The molecule has 90 valence electrons. The average Bonchev–Trinajstić information content (AvgIpc) is 2.31. The van der Waals surface area contributed by atoms with Crippen molar-refractivity contribution in [1.29, 1.82) is 0 Å². The molecule has 0 unspecified atom stereocenters.